The van der Waals surface area contributed by atoms with Crippen LogP contribution in [-0.2, 0) is 20.9 Å². The highest BCUT2D eigenvalue weighted by atomic mass is 16.5. The van der Waals surface area contributed by atoms with Gasteiger partial charge in [0.15, 0.2) is 5.82 Å². The van der Waals surface area contributed by atoms with Gasteiger partial charge in [-0.1, -0.05) is 12.1 Å². The summed E-state index contributed by atoms with van der Waals surface area (Å²) in [6.07, 6.45) is 1.91. The van der Waals surface area contributed by atoms with Gasteiger partial charge in [0.25, 0.3) is 0 Å². The van der Waals surface area contributed by atoms with Crippen molar-refractivity contribution in [2.75, 3.05) is 19.0 Å². The number of fused-ring (bicyclic) bond motifs is 1. The maximum absolute atomic E-state index is 11.7. The first-order valence-electron chi connectivity index (χ1n) is 7.51. The number of hydrogen-bond acceptors (Lipinski definition) is 6. The molecule has 0 unspecified atom stereocenters. The monoisotopic (exact) mass is 314 g/mol. The molecular weight excluding hydrogens is 296 g/mol. The van der Waals surface area contributed by atoms with Crippen LogP contribution in [-0.4, -0.2) is 35.5 Å². The number of para-hydroxylation sites is 1. The molecule has 1 saturated carbocycles. The maximum Gasteiger partial charge on any atom is 0.325 e. The third-order valence-corrected chi connectivity index (χ3v) is 3.65. The van der Waals surface area contributed by atoms with E-state index in [0.29, 0.717) is 11.6 Å². The second-order valence-electron chi connectivity index (χ2n) is 5.43. The van der Waals surface area contributed by atoms with Gasteiger partial charge in [0.1, 0.15) is 12.4 Å². The first-order valence-corrected chi connectivity index (χ1v) is 7.51. The van der Waals surface area contributed by atoms with Gasteiger partial charge in [0.05, 0.1) is 19.2 Å². The van der Waals surface area contributed by atoms with Crippen molar-refractivity contribution in [2.45, 2.75) is 19.4 Å². The molecule has 0 saturated heterocycles. The molecular formula is C16H18N4O3. The van der Waals surface area contributed by atoms with Crippen molar-refractivity contribution in [3.05, 3.63) is 30.1 Å². The smallest absolute Gasteiger partial charge is 0.325 e. The predicted molar refractivity (Wildman–Crippen MR) is 84.6 cm³/mol. The molecule has 1 aliphatic rings. The molecule has 0 bridgehead atoms. The minimum absolute atomic E-state index is 0.0192. The molecule has 0 radical (unpaired) electrons. The third-order valence-electron chi connectivity index (χ3n) is 3.65. The Hall–Kier alpha value is -2.70. The van der Waals surface area contributed by atoms with E-state index < -0.39 is 0 Å². The Morgan fingerprint density at radius 1 is 1.26 bits per heavy atom. The van der Waals surface area contributed by atoms with E-state index in [-0.39, 0.29) is 30.9 Å². The molecule has 2 aromatic rings. The van der Waals surface area contributed by atoms with E-state index >= 15 is 0 Å². The Kier molecular flexibility index (Phi) is 4.36. The van der Waals surface area contributed by atoms with Gasteiger partial charge in [0, 0.05) is 11.3 Å². The van der Waals surface area contributed by atoms with Gasteiger partial charge in [-0.15, -0.1) is 0 Å². The topological polar surface area (TPSA) is 93.2 Å². The molecule has 7 nitrogen and oxygen atoms in total. The van der Waals surface area contributed by atoms with Crippen LogP contribution in [0.25, 0.3) is 10.9 Å². The summed E-state index contributed by atoms with van der Waals surface area (Å²) >= 11 is 0. The first kappa shape index (κ1) is 15.2. The summed E-state index contributed by atoms with van der Waals surface area (Å²) in [5.74, 6) is 0.872. The number of nitrogens with one attached hydrogen (secondary N) is 2. The number of ether oxygens (including phenoxy) is 1. The highest BCUT2D eigenvalue weighted by Gasteiger charge is 2.29. The lowest BCUT2D eigenvalue weighted by Crippen LogP contribution is -2.25. The third kappa shape index (κ3) is 3.74. The van der Waals surface area contributed by atoms with E-state index in [1.807, 2.05) is 24.3 Å². The van der Waals surface area contributed by atoms with Gasteiger partial charge < -0.3 is 15.4 Å². The lowest BCUT2D eigenvalue weighted by Gasteiger charge is -2.10. The first-order chi connectivity index (χ1) is 11.2. The van der Waals surface area contributed by atoms with Gasteiger partial charge in [-0.05, 0) is 25.0 Å². The number of benzene rings is 1. The molecule has 0 aliphatic heterocycles. The summed E-state index contributed by atoms with van der Waals surface area (Å²) < 4.78 is 4.62. The molecule has 120 valence electrons. The number of carbonyl (C=O) groups excluding carboxylic acids is 2. The quantitative estimate of drug-likeness (QED) is 0.779. The van der Waals surface area contributed by atoms with E-state index in [1.165, 1.54) is 7.11 Å². The zero-order chi connectivity index (χ0) is 16.2. The highest BCUT2D eigenvalue weighted by molar-refractivity contribution is 5.90. The minimum atomic E-state index is -0.378. The van der Waals surface area contributed by atoms with Crippen LogP contribution in [0, 0.1) is 5.92 Å². The van der Waals surface area contributed by atoms with Gasteiger partial charge in [0.2, 0.25) is 5.91 Å². The van der Waals surface area contributed by atoms with Crippen LogP contribution in [0.2, 0.25) is 0 Å². The molecule has 1 aliphatic carbocycles. The van der Waals surface area contributed by atoms with Crippen molar-refractivity contribution in [3.8, 4) is 0 Å². The zero-order valence-electron chi connectivity index (χ0n) is 12.8. The molecule has 3 rings (SSSR count). The summed E-state index contributed by atoms with van der Waals surface area (Å²) in [6, 6.07) is 7.50. The van der Waals surface area contributed by atoms with E-state index in [2.05, 4.69) is 25.3 Å². The van der Waals surface area contributed by atoms with Crippen molar-refractivity contribution in [2.24, 2.45) is 5.92 Å². The van der Waals surface area contributed by atoms with E-state index in [4.69, 9.17) is 0 Å². The number of anilines is 1. The number of nitrogens with zero attached hydrogens (tertiary/aromatic N) is 2. The number of amides is 1. The summed E-state index contributed by atoms with van der Waals surface area (Å²) in [5, 5.41) is 6.62. The van der Waals surface area contributed by atoms with Gasteiger partial charge in [-0.2, -0.15) is 0 Å². The molecule has 2 N–H and O–H groups in total. The molecule has 1 aromatic heterocycles. The van der Waals surface area contributed by atoms with Gasteiger partial charge in [-0.3, -0.25) is 9.59 Å². The fraction of sp³-hybridized carbons (Fsp3) is 0.375. The number of aromatic nitrogens is 2. The van der Waals surface area contributed by atoms with Crippen LogP contribution < -0.4 is 10.6 Å². The summed E-state index contributed by atoms with van der Waals surface area (Å²) in [6.45, 7) is 0.290. The second-order valence-corrected chi connectivity index (χ2v) is 5.43. The van der Waals surface area contributed by atoms with Crippen LogP contribution in [0.1, 0.15) is 18.7 Å². The molecule has 7 heteroatoms. The van der Waals surface area contributed by atoms with Crippen molar-refractivity contribution >= 4 is 28.6 Å². The van der Waals surface area contributed by atoms with Gasteiger partial charge in [-0.25, -0.2) is 9.97 Å². The molecule has 1 amide bonds. The highest BCUT2D eigenvalue weighted by Crippen LogP contribution is 2.28. The molecule has 23 heavy (non-hydrogen) atoms. The zero-order valence-corrected chi connectivity index (χ0v) is 12.8. The van der Waals surface area contributed by atoms with E-state index in [9.17, 15) is 9.59 Å². The molecule has 1 aromatic carbocycles. The van der Waals surface area contributed by atoms with Crippen molar-refractivity contribution in [3.63, 3.8) is 0 Å². The van der Waals surface area contributed by atoms with Crippen molar-refractivity contribution in [1.29, 1.82) is 0 Å². The standard InChI is InChI=1S/C16H18N4O3/c1-23-14(21)9-17-15-11-4-2-3-5-12(11)19-13(20-15)8-18-16(22)10-6-7-10/h2-5,10H,6-9H2,1H3,(H,18,22)(H,17,19,20). The Morgan fingerprint density at radius 2 is 2.04 bits per heavy atom. The van der Waals surface area contributed by atoms with Crippen LogP contribution in [0.5, 0.6) is 0 Å². The Labute approximate surface area is 133 Å². The van der Waals surface area contributed by atoms with Crippen molar-refractivity contribution in [1.82, 2.24) is 15.3 Å². The Morgan fingerprint density at radius 3 is 2.78 bits per heavy atom. The van der Waals surface area contributed by atoms with Crippen LogP contribution in [0.4, 0.5) is 5.82 Å². The van der Waals surface area contributed by atoms with Crippen molar-refractivity contribution < 1.29 is 14.3 Å². The SMILES string of the molecule is COC(=O)CNc1nc(CNC(=O)C2CC2)nc2ccccc12. The molecule has 0 atom stereocenters. The summed E-state index contributed by atoms with van der Waals surface area (Å²) in [5.41, 5.74) is 0.755. The molecule has 0 spiro atoms. The lowest BCUT2D eigenvalue weighted by atomic mass is 10.2. The molecule has 1 heterocycles. The minimum Gasteiger partial charge on any atom is -0.468 e. The van der Waals surface area contributed by atoms with E-state index in [1.54, 1.807) is 0 Å². The number of esters is 1. The van der Waals surface area contributed by atoms with Crippen LogP contribution in [0.3, 0.4) is 0 Å². The predicted octanol–water partition coefficient (Wildman–Crippen LogP) is 1.24. The fourth-order valence-electron chi connectivity index (χ4n) is 2.22. The summed E-state index contributed by atoms with van der Waals surface area (Å²) in [7, 11) is 1.33. The van der Waals surface area contributed by atoms with E-state index in [0.717, 1.165) is 23.7 Å². The number of methoxy groups -OCH3 is 1. The number of rotatable bonds is 6. The normalized spacial score (nSPS) is 13.6. The second kappa shape index (κ2) is 6.60. The number of carbonyl (C=O) groups is 2. The van der Waals surface area contributed by atoms with Crippen LogP contribution in [0.15, 0.2) is 24.3 Å². The average molecular weight is 314 g/mol. The Balaban J connectivity index is 1.80. The fourth-order valence-corrected chi connectivity index (χ4v) is 2.22. The van der Waals surface area contributed by atoms with Crippen LogP contribution >= 0.6 is 0 Å². The Bertz CT molecular complexity index is 743. The number of hydrogen-bond donors (Lipinski definition) is 2. The average Bonchev–Trinajstić information content (AvgIpc) is 3.42. The molecule has 1 fully saturated rings. The summed E-state index contributed by atoms with van der Waals surface area (Å²) in [4.78, 5) is 31.9. The lowest BCUT2D eigenvalue weighted by molar-refractivity contribution is -0.138. The van der Waals surface area contributed by atoms with Gasteiger partial charge >= 0.3 is 5.97 Å². The maximum atomic E-state index is 11.7. The largest absolute Gasteiger partial charge is 0.468 e.